The maximum atomic E-state index is 10.2. The van der Waals surface area contributed by atoms with Crippen LogP contribution in [-0.2, 0) is 4.79 Å². The molecule has 0 fully saturated rings. The minimum atomic E-state index is -1.14. The predicted octanol–water partition coefficient (Wildman–Crippen LogP) is 1.20. The lowest BCUT2D eigenvalue weighted by Gasteiger charge is -1.97. The topological polar surface area (TPSA) is 77.8 Å². The number of carboxylic acids is 1. The zero-order chi connectivity index (χ0) is 10.7. The number of phenols is 2. The van der Waals surface area contributed by atoms with Gasteiger partial charge in [-0.3, -0.25) is 0 Å². The molecule has 1 aromatic rings. The summed E-state index contributed by atoms with van der Waals surface area (Å²) in [5.74, 6) is -2.10. The van der Waals surface area contributed by atoms with Crippen LogP contribution in [0.3, 0.4) is 0 Å². The molecule has 0 amide bonds. The van der Waals surface area contributed by atoms with Gasteiger partial charge in [0, 0.05) is 6.08 Å². The van der Waals surface area contributed by atoms with E-state index in [4.69, 9.17) is 16.7 Å². The fourth-order valence-electron chi connectivity index (χ4n) is 0.748. The average molecular weight is 181 g/mol. The fourth-order valence-corrected chi connectivity index (χ4v) is 0.748. The van der Waals surface area contributed by atoms with Gasteiger partial charge in [-0.1, -0.05) is 6.07 Å². The van der Waals surface area contributed by atoms with E-state index in [0.717, 1.165) is 6.08 Å². The third-order valence-electron chi connectivity index (χ3n) is 1.33. The molecule has 0 aliphatic carbocycles. The number of hydrogen-bond donors (Lipinski definition) is 3. The van der Waals surface area contributed by atoms with E-state index in [2.05, 4.69) is 0 Å². The summed E-state index contributed by atoms with van der Waals surface area (Å²) in [7, 11) is 0. The highest BCUT2D eigenvalue weighted by atomic mass is 16.4. The number of phenolic OH excluding ortho intramolecular Hbond substituents is 2. The summed E-state index contributed by atoms with van der Waals surface area (Å²) in [6, 6.07) is 2.23. The van der Waals surface area contributed by atoms with Crippen molar-refractivity contribution in [2.24, 2.45) is 0 Å². The Bertz CT molecular complexity index is 398. The molecule has 0 saturated carbocycles. The minimum absolute atomic E-state index is 0.225. The molecule has 0 unspecified atom stereocenters. The summed E-state index contributed by atoms with van der Waals surface area (Å²) < 4.78 is 7.33. The molecule has 0 heterocycles. The monoisotopic (exact) mass is 181 g/mol. The second kappa shape index (κ2) is 3.62. The number of aromatic hydroxyl groups is 2. The van der Waals surface area contributed by atoms with Crippen LogP contribution in [0.5, 0.6) is 11.5 Å². The van der Waals surface area contributed by atoms with Crippen LogP contribution in [0.2, 0.25) is 0 Å². The van der Waals surface area contributed by atoms with Gasteiger partial charge in [-0.15, -0.1) is 0 Å². The first-order valence-corrected chi connectivity index (χ1v) is 3.45. The van der Waals surface area contributed by atoms with E-state index in [1.165, 1.54) is 18.2 Å². The first kappa shape index (κ1) is 7.67. The third kappa shape index (κ3) is 2.52. The first-order chi connectivity index (χ1) is 6.52. The highest BCUT2D eigenvalue weighted by Crippen LogP contribution is 2.25. The summed E-state index contributed by atoms with van der Waals surface area (Å²) >= 11 is 0. The molecule has 13 heavy (non-hydrogen) atoms. The van der Waals surface area contributed by atoms with E-state index in [-0.39, 0.29) is 11.6 Å². The van der Waals surface area contributed by atoms with Crippen molar-refractivity contribution >= 4 is 12.0 Å². The summed E-state index contributed by atoms with van der Waals surface area (Å²) in [6.45, 7) is 0. The zero-order valence-corrected chi connectivity index (χ0v) is 6.56. The molecule has 0 radical (unpaired) electrons. The van der Waals surface area contributed by atoms with Crippen LogP contribution in [0.4, 0.5) is 0 Å². The number of carbonyl (C=O) groups is 1. The lowest BCUT2D eigenvalue weighted by Crippen LogP contribution is -1.85. The lowest BCUT2D eigenvalue weighted by molar-refractivity contribution is -0.131. The van der Waals surface area contributed by atoms with E-state index in [9.17, 15) is 4.79 Å². The fraction of sp³-hybridized carbons (Fsp3) is 0. The van der Waals surface area contributed by atoms with Gasteiger partial charge in [0.15, 0.2) is 11.5 Å². The molecule has 0 atom stereocenters. The van der Waals surface area contributed by atoms with E-state index in [1.807, 2.05) is 0 Å². The van der Waals surface area contributed by atoms with Crippen molar-refractivity contribution in [3.8, 4) is 11.5 Å². The normalized spacial score (nSPS) is 11.5. The molecular weight excluding hydrogens is 172 g/mol. The quantitative estimate of drug-likeness (QED) is 0.473. The Hall–Kier alpha value is -1.97. The molecule has 3 N–H and O–H groups in total. The molecule has 4 nitrogen and oxygen atoms in total. The maximum absolute atomic E-state index is 10.2. The summed E-state index contributed by atoms with van der Waals surface area (Å²) in [6.07, 6.45) is 2.02. The third-order valence-corrected chi connectivity index (χ3v) is 1.33. The first-order valence-electron chi connectivity index (χ1n) is 3.95. The van der Waals surface area contributed by atoms with Gasteiger partial charge in [0.2, 0.25) is 0 Å². The van der Waals surface area contributed by atoms with Crippen molar-refractivity contribution in [3.63, 3.8) is 0 Å². The van der Waals surface area contributed by atoms with Crippen molar-refractivity contribution in [2.45, 2.75) is 0 Å². The molecule has 0 aromatic heterocycles. The van der Waals surface area contributed by atoms with Crippen molar-refractivity contribution in [2.75, 3.05) is 0 Å². The second-order valence-corrected chi connectivity index (χ2v) is 2.32. The number of benzene rings is 1. The van der Waals surface area contributed by atoms with E-state index in [0.29, 0.717) is 0 Å². The largest absolute Gasteiger partial charge is 0.504 e. The van der Waals surface area contributed by atoms with Gasteiger partial charge in [0.25, 0.3) is 0 Å². The van der Waals surface area contributed by atoms with E-state index < -0.39 is 17.5 Å². The zero-order valence-electron chi connectivity index (χ0n) is 7.56. The Kier molecular flexibility index (Phi) is 2.14. The molecule has 0 saturated heterocycles. The van der Waals surface area contributed by atoms with Crippen LogP contribution in [-0.4, -0.2) is 21.3 Å². The molecule has 4 heteroatoms. The van der Waals surface area contributed by atoms with Crippen molar-refractivity contribution < 1.29 is 21.5 Å². The van der Waals surface area contributed by atoms with Crippen LogP contribution in [0.15, 0.2) is 24.3 Å². The van der Waals surface area contributed by atoms with Crippen molar-refractivity contribution in [1.29, 1.82) is 0 Å². The van der Waals surface area contributed by atoms with Crippen molar-refractivity contribution in [1.82, 2.24) is 0 Å². The van der Waals surface area contributed by atoms with Gasteiger partial charge in [-0.05, 0) is 23.7 Å². The number of hydrogen-bond acceptors (Lipinski definition) is 3. The van der Waals surface area contributed by atoms with Gasteiger partial charge in [0.05, 0.1) is 1.37 Å². The highest BCUT2D eigenvalue weighted by Gasteiger charge is 1.97. The molecule has 0 aliphatic heterocycles. The van der Waals surface area contributed by atoms with Crippen LogP contribution >= 0.6 is 0 Å². The predicted molar refractivity (Wildman–Crippen MR) is 46.4 cm³/mol. The molecule has 0 aliphatic rings. The smallest absolute Gasteiger partial charge is 0.328 e. The van der Waals surface area contributed by atoms with Crippen LogP contribution in [0.1, 0.15) is 6.93 Å². The van der Waals surface area contributed by atoms with E-state index >= 15 is 0 Å². The highest BCUT2D eigenvalue weighted by molar-refractivity contribution is 5.85. The van der Waals surface area contributed by atoms with Gasteiger partial charge in [-0.2, -0.15) is 0 Å². The summed E-state index contributed by atoms with van der Waals surface area (Å²) in [5.41, 5.74) is 0.225. The Morgan fingerprint density at radius 1 is 1.38 bits per heavy atom. The number of carboxylic acid groups (broad SMARTS) is 1. The van der Waals surface area contributed by atoms with E-state index in [1.54, 1.807) is 0 Å². The molecule has 68 valence electrons. The van der Waals surface area contributed by atoms with Gasteiger partial charge < -0.3 is 15.3 Å². The van der Waals surface area contributed by atoms with Gasteiger partial charge >= 0.3 is 5.97 Å². The Labute approximate surface area is 75.8 Å². The lowest BCUT2D eigenvalue weighted by atomic mass is 10.2. The molecule has 1 rings (SSSR count). The van der Waals surface area contributed by atoms with Crippen LogP contribution < -0.4 is 0 Å². The Balaban J connectivity index is 3.12. The molecule has 0 bridgehead atoms. The SMILES string of the molecule is [2H]c1c(/C=C/C(=O)O)ccc(O)c1O. The van der Waals surface area contributed by atoms with Gasteiger partial charge in [0.1, 0.15) is 0 Å². The second-order valence-electron chi connectivity index (χ2n) is 2.32. The molecular formula is C9H8O4. The maximum Gasteiger partial charge on any atom is 0.328 e. The summed E-state index contributed by atoms with van der Waals surface area (Å²) in [5, 5.41) is 26.5. The Morgan fingerprint density at radius 2 is 2.08 bits per heavy atom. The standard InChI is InChI=1S/C9H8O4/c10-7-3-1-6(5-8(7)11)2-4-9(12)13/h1-5,10-11H,(H,12,13)/b4-2+/i5D. The summed E-state index contributed by atoms with van der Waals surface area (Å²) in [4.78, 5) is 10.2. The van der Waals surface area contributed by atoms with Crippen molar-refractivity contribution in [3.05, 3.63) is 29.8 Å². The minimum Gasteiger partial charge on any atom is -0.504 e. The van der Waals surface area contributed by atoms with Crippen LogP contribution in [0.25, 0.3) is 6.08 Å². The number of aliphatic carboxylic acids is 1. The number of rotatable bonds is 2. The Morgan fingerprint density at radius 3 is 2.69 bits per heavy atom. The molecule has 0 spiro atoms. The molecule has 1 aromatic carbocycles. The van der Waals surface area contributed by atoms with Crippen LogP contribution in [0, 0.1) is 0 Å². The van der Waals surface area contributed by atoms with Gasteiger partial charge in [-0.25, -0.2) is 4.79 Å². The average Bonchev–Trinajstić information content (AvgIpc) is 2.13.